The molecule has 0 saturated heterocycles. The Morgan fingerprint density at radius 2 is 2.05 bits per heavy atom. The number of hydrogen-bond donors (Lipinski definition) is 2. The minimum absolute atomic E-state index is 0.172. The van der Waals surface area contributed by atoms with Gasteiger partial charge in [0.25, 0.3) is 5.91 Å². The molecule has 0 aliphatic carbocycles. The smallest absolute Gasteiger partial charge is 0.251 e. The second-order valence-electron chi connectivity index (χ2n) is 4.42. The molecule has 0 fully saturated rings. The molecule has 20 heavy (non-hydrogen) atoms. The number of aromatic nitrogens is 1. The predicted octanol–water partition coefficient (Wildman–Crippen LogP) is 3.02. The molecule has 2 aromatic rings. The molecule has 1 aromatic heterocycles. The Kier molecular flexibility index (Phi) is 4.58. The van der Waals surface area contributed by atoms with Crippen molar-refractivity contribution in [2.45, 2.75) is 13.5 Å². The van der Waals surface area contributed by atoms with Gasteiger partial charge in [-0.25, -0.2) is 4.98 Å². The Hall–Kier alpha value is -2.07. The summed E-state index contributed by atoms with van der Waals surface area (Å²) in [4.78, 5) is 16.2. The topological polar surface area (TPSA) is 54.0 Å². The number of carbonyl (C=O) groups is 1. The third kappa shape index (κ3) is 3.48. The molecule has 104 valence electrons. The molecule has 1 amide bonds. The number of aryl methyl sites for hydroxylation is 1. The van der Waals surface area contributed by atoms with Crippen LogP contribution in [0.3, 0.4) is 0 Å². The van der Waals surface area contributed by atoms with Crippen molar-refractivity contribution in [3.8, 4) is 0 Å². The second-order valence-corrected chi connectivity index (χ2v) is 4.81. The van der Waals surface area contributed by atoms with E-state index in [-0.39, 0.29) is 11.1 Å². The van der Waals surface area contributed by atoms with Crippen LogP contribution in [0.4, 0.5) is 5.82 Å². The van der Waals surface area contributed by atoms with E-state index in [9.17, 15) is 4.79 Å². The van der Waals surface area contributed by atoms with Crippen LogP contribution in [0.2, 0.25) is 5.15 Å². The van der Waals surface area contributed by atoms with Crippen molar-refractivity contribution in [3.63, 3.8) is 0 Å². The van der Waals surface area contributed by atoms with Crippen LogP contribution in [0, 0.1) is 6.92 Å². The first-order valence-electron chi connectivity index (χ1n) is 6.28. The van der Waals surface area contributed by atoms with Gasteiger partial charge in [0.05, 0.1) is 0 Å². The van der Waals surface area contributed by atoms with Crippen LogP contribution in [-0.4, -0.2) is 17.9 Å². The molecular weight excluding hydrogens is 274 g/mol. The molecule has 0 saturated carbocycles. The summed E-state index contributed by atoms with van der Waals surface area (Å²) < 4.78 is 0. The van der Waals surface area contributed by atoms with Crippen molar-refractivity contribution in [1.29, 1.82) is 0 Å². The average molecular weight is 290 g/mol. The summed E-state index contributed by atoms with van der Waals surface area (Å²) in [6, 6.07) is 11.2. The highest BCUT2D eigenvalue weighted by molar-refractivity contribution is 6.29. The Labute approximate surface area is 123 Å². The predicted molar refractivity (Wildman–Crippen MR) is 81.1 cm³/mol. The van der Waals surface area contributed by atoms with E-state index < -0.39 is 0 Å². The highest BCUT2D eigenvalue weighted by atomic mass is 35.5. The number of rotatable bonds is 4. The van der Waals surface area contributed by atoms with E-state index in [4.69, 9.17) is 11.6 Å². The van der Waals surface area contributed by atoms with Crippen molar-refractivity contribution in [2.24, 2.45) is 0 Å². The fourth-order valence-electron chi connectivity index (χ4n) is 1.84. The van der Waals surface area contributed by atoms with Gasteiger partial charge in [0.15, 0.2) is 0 Å². The Balaban J connectivity index is 2.09. The van der Waals surface area contributed by atoms with E-state index in [0.29, 0.717) is 17.9 Å². The number of carbonyl (C=O) groups excluding carboxylic acids is 1. The standard InChI is InChI=1S/C15H16ClN3O/c1-10-5-3-4-6-11(10)9-18-15(20)12-7-13(16)19-14(8-12)17-2/h3-8H,9H2,1-2H3,(H,17,19)(H,18,20). The van der Waals surface area contributed by atoms with Crippen LogP contribution >= 0.6 is 11.6 Å². The number of halogens is 1. The maximum absolute atomic E-state index is 12.1. The lowest BCUT2D eigenvalue weighted by Gasteiger charge is -2.09. The molecule has 1 aromatic carbocycles. The van der Waals surface area contributed by atoms with Gasteiger partial charge in [-0.05, 0) is 30.2 Å². The minimum Gasteiger partial charge on any atom is -0.373 e. The summed E-state index contributed by atoms with van der Waals surface area (Å²) in [6.07, 6.45) is 0. The molecule has 4 nitrogen and oxygen atoms in total. The van der Waals surface area contributed by atoms with Crippen LogP contribution in [0.5, 0.6) is 0 Å². The summed E-state index contributed by atoms with van der Waals surface area (Å²) >= 11 is 5.88. The van der Waals surface area contributed by atoms with Crippen LogP contribution in [0.25, 0.3) is 0 Å². The highest BCUT2D eigenvalue weighted by Crippen LogP contribution is 2.14. The van der Waals surface area contributed by atoms with Gasteiger partial charge in [-0.1, -0.05) is 35.9 Å². The third-order valence-electron chi connectivity index (χ3n) is 3.01. The lowest BCUT2D eigenvalue weighted by atomic mass is 10.1. The van der Waals surface area contributed by atoms with Gasteiger partial charge in [0, 0.05) is 19.2 Å². The van der Waals surface area contributed by atoms with Gasteiger partial charge in [0.2, 0.25) is 0 Å². The molecule has 0 aliphatic heterocycles. The molecule has 5 heteroatoms. The van der Waals surface area contributed by atoms with Crippen LogP contribution in [-0.2, 0) is 6.54 Å². The Bertz CT molecular complexity index is 628. The summed E-state index contributed by atoms with van der Waals surface area (Å²) in [5.74, 6) is 0.396. The van der Waals surface area contributed by atoms with Crippen molar-refractivity contribution < 1.29 is 4.79 Å². The van der Waals surface area contributed by atoms with Gasteiger partial charge < -0.3 is 10.6 Å². The number of anilines is 1. The Morgan fingerprint density at radius 1 is 1.30 bits per heavy atom. The number of nitrogens with one attached hydrogen (secondary N) is 2. The number of benzene rings is 1. The summed E-state index contributed by atoms with van der Waals surface area (Å²) in [5.41, 5.74) is 2.73. The van der Waals surface area contributed by atoms with E-state index in [1.54, 1.807) is 19.2 Å². The normalized spacial score (nSPS) is 10.2. The number of nitrogens with zero attached hydrogens (tertiary/aromatic N) is 1. The molecule has 0 bridgehead atoms. The van der Waals surface area contributed by atoms with Gasteiger partial charge in [-0.2, -0.15) is 0 Å². The largest absolute Gasteiger partial charge is 0.373 e. The lowest BCUT2D eigenvalue weighted by Crippen LogP contribution is -2.23. The van der Waals surface area contributed by atoms with Crippen molar-refractivity contribution in [3.05, 3.63) is 58.2 Å². The number of pyridine rings is 1. The zero-order chi connectivity index (χ0) is 14.5. The lowest BCUT2D eigenvalue weighted by molar-refractivity contribution is 0.0951. The first-order valence-corrected chi connectivity index (χ1v) is 6.66. The number of amides is 1. The third-order valence-corrected chi connectivity index (χ3v) is 3.21. The van der Waals surface area contributed by atoms with E-state index in [0.717, 1.165) is 11.1 Å². The van der Waals surface area contributed by atoms with E-state index >= 15 is 0 Å². The first kappa shape index (κ1) is 14.3. The average Bonchev–Trinajstić information content (AvgIpc) is 2.45. The molecule has 1 heterocycles. The monoisotopic (exact) mass is 289 g/mol. The van der Waals surface area contributed by atoms with E-state index in [1.807, 2.05) is 31.2 Å². The van der Waals surface area contributed by atoms with Gasteiger partial charge >= 0.3 is 0 Å². The van der Waals surface area contributed by atoms with E-state index in [1.165, 1.54) is 0 Å². The highest BCUT2D eigenvalue weighted by Gasteiger charge is 2.09. The van der Waals surface area contributed by atoms with Crippen LogP contribution in [0.15, 0.2) is 36.4 Å². The molecule has 0 radical (unpaired) electrons. The maximum atomic E-state index is 12.1. The van der Waals surface area contributed by atoms with Gasteiger partial charge in [-0.3, -0.25) is 4.79 Å². The van der Waals surface area contributed by atoms with Crippen LogP contribution in [0.1, 0.15) is 21.5 Å². The summed E-state index contributed by atoms with van der Waals surface area (Å²) in [7, 11) is 1.73. The van der Waals surface area contributed by atoms with E-state index in [2.05, 4.69) is 15.6 Å². The quantitative estimate of drug-likeness (QED) is 0.851. The molecule has 0 aliphatic rings. The summed E-state index contributed by atoms with van der Waals surface area (Å²) in [5, 5.41) is 6.04. The van der Waals surface area contributed by atoms with Crippen molar-refractivity contribution in [2.75, 3.05) is 12.4 Å². The molecule has 0 unspecified atom stereocenters. The molecule has 2 rings (SSSR count). The summed E-state index contributed by atoms with van der Waals surface area (Å²) in [6.45, 7) is 2.50. The van der Waals surface area contributed by atoms with Crippen LogP contribution < -0.4 is 10.6 Å². The molecule has 0 atom stereocenters. The molecule has 0 spiro atoms. The van der Waals surface area contributed by atoms with Gasteiger partial charge in [0.1, 0.15) is 11.0 Å². The molecule has 2 N–H and O–H groups in total. The zero-order valence-electron chi connectivity index (χ0n) is 11.4. The maximum Gasteiger partial charge on any atom is 0.251 e. The SMILES string of the molecule is CNc1cc(C(=O)NCc2ccccc2C)cc(Cl)n1. The van der Waals surface area contributed by atoms with Crippen molar-refractivity contribution >= 4 is 23.3 Å². The van der Waals surface area contributed by atoms with Gasteiger partial charge in [-0.15, -0.1) is 0 Å². The second kappa shape index (κ2) is 6.39. The minimum atomic E-state index is -0.172. The fraction of sp³-hybridized carbons (Fsp3) is 0.200. The Morgan fingerprint density at radius 3 is 2.75 bits per heavy atom. The first-order chi connectivity index (χ1) is 9.60. The van der Waals surface area contributed by atoms with Crippen molar-refractivity contribution in [1.82, 2.24) is 10.3 Å². The zero-order valence-corrected chi connectivity index (χ0v) is 12.2. The molecular formula is C15H16ClN3O. The number of hydrogen-bond acceptors (Lipinski definition) is 3. The fourth-order valence-corrected chi connectivity index (χ4v) is 2.05.